The van der Waals surface area contributed by atoms with Gasteiger partial charge in [-0.25, -0.2) is 9.59 Å². The van der Waals surface area contributed by atoms with Gasteiger partial charge in [-0.3, -0.25) is 0 Å². The Balaban J connectivity index is 7.87. The van der Waals surface area contributed by atoms with Gasteiger partial charge >= 0.3 is 83.5 Å². The molecule has 4 nitrogen and oxygen atoms in total. The number of aliphatic carboxylic acids is 2. The Bertz CT molecular complexity index is 1240. The fourth-order valence-electron chi connectivity index (χ4n) is 3.54. The molecule has 0 aliphatic carbocycles. The van der Waals surface area contributed by atoms with Gasteiger partial charge < -0.3 is 10.2 Å². The van der Waals surface area contributed by atoms with E-state index in [0.29, 0.717) is 0 Å². The summed E-state index contributed by atoms with van der Waals surface area (Å²) >= 11 is 0. The monoisotopic (exact) mass is 808 g/mol. The fraction of sp³-hybridized carbons (Fsp3) is 0.800. The predicted octanol–water partition coefficient (Wildman–Crippen LogP) is 9.20. The van der Waals surface area contributed by atoms with E-state index in [-0.39, 0.29) is 0 Å². The van der Waals surface area contributed by atoms with Crippen molar-refractivity contribution in [1.82, 2.24) is 0 Å². The van der Waals surface area contributed by atoms with Gasteiger partial charge in [0, 0.05) is 0 Å². The van der Waals surface area contributed by atoms with Crippen LogP contribution in [0.5, 0.6) is 0 Å². The van der Waals surface area contributed by atoms with Crippen molar-refractivity contribution in [2.24, 2.45) is 11.8 Å². The Morgan fingerprint density at radius 1 is 0.340 bits per heavy atom. The second-order valence-corrected chi connectivity index (χ2v) is 9.72. The van der Waals surface area contributed by atoms with Gasteiger partial charge in [0.15, 0.2) is 0 Å². The molecule has 0 amide bonds. The van der Waals surface area contributed by atoms with Crippen molar-refractivity contribution < 1.29 is 134 Å². The Kier molecular flexibility index (Phi) is 11.5. The summed E-state index contributed by atoms with van der Waals surface area (Å²) in [6, 6.07) is 0. The van der Waals surface area contributed by atoms with Crippen LogP contribution in [0.25, 0.3) is 0 Å². The molecule has 0 aromatic heterocycles. The lowest BCUT2D eigenvalue weighted by Gasteiger charge is -2.42. The van der Waals surface area contributed by atoms with Crippen LogP contribution in [0, 0.1) is 11.8 Å². The van der Waals surface area contributed by atoms with E-state index in [1.165, 1.54) is 0 Å². The number of carboxylic acids is 2. The molecule has 0 radical (unpaired) electrons. The minimum atomic E-state index is -8.79. The van der Waals surface area contributed by atoms with Gasteiger partial charge in [-0.2, -0.15) is 114 Å². The Hall–Kier alpha value is -3.14. The highest BCUT2D eigenvalue weighted by Crippen LogP contribution is 2.64. The molecule has 0 heterocycles. The normalized spacial score (nSPS) is 17.7. The minimum Gasteiger partial charge on any atom is -0.478 e. The molecule has 2 atom stereocenters. The van der Waals surface area contributed by atoms with E-state index in [1.54, 1.807) is 0 Å². The molecule has 0 fully saturated rings. The van der Waals surface area contributed by atoms with Crippen LogP contribution < -0.4 is 0 Å². The first-order valence-electron chi connectivity index (χ1n) is 11.3. The Morgan fingerprint density at radius 3 is 0.640 bits per heavy atom. The van der Waals surface area contributed by atoms with Crippen molar-refractivity contribution in [2.45, 2.75) is 85.4 Å². The lowest BCUT2D eigenvalue weighted by molar-refractivity contribution is -0.442. The second kappa shape index (κ2) is 12.2. The predicted molar refractivity (Wildman–Crippen MR) is 102 cm³/mol. The minimum absolute atomic E-state index is 1.19. The first-order valence-corrected chi connectivity index (χ1v) is 11.3. The van der Waals surface area contributed by atoms with Gasteiger partial charge in [0.05, 0.1) is 23.0 Å². The molecule has 0 rings (SSSR count). The molecule has 0 aromatic rings. The third kappa shape index (κ3) is 6.11. The van der Waals surface area contributed by atoms with Crippen LogP contribution in [0.2, 0.25) is 0 Å². The SMILES string of the molecule is CC(/C(C(=O)O)=C(/C(=O)O)C(C)C(F)(F)C(F)(F)C(F)(F)C(F)(F)C(F)(F)C(F)(F)F)C(F)(F)C(F)(F)C(F)(F)C(F)(F)C(F)(F)C(F)(F)F. The van der Waals surface area contributed by atoms with Crippen molar-refractivity contribution in [3.63, 3.8) is 0 Å². The molecule has 2 N–H and O–H groups in total. The van der Waals surface area contributed by atoms with Crippen molar-refractivity contribution in [3.05, 3.63) is 11.1 Å². The molecular weight excluding hydrogens is 798 g/mol. The number of hydrogen-bond acceptors (Lipinski definition) is 2. The number of carbonyl (C=O) groups is 2. The standard InChI is InChI=1S/C20H10F26O4/c1-3(9(21,22)11(25,26)13(29,30)15(33,34)17(37,38)19(41,42)43)5(7(47)48)6(8(49)50)4(2)10(23,24)12(27,28)14(31,32)16(35,36)18(39,40)20(44,45)46/h3-4H,1-2H3,(H,47,48)(H,49,50)/b6-5-. The van der Waals surface area contributed by atoms with E-state index in [9.17, 15) is 124 Å². The van der Waals surface area contributed by atoms with E-state index in [1.807, 2.05) is 0 Å². The average Bonchev–Trinajstić information content (AvgIpc) is 2.87. The van der Waals surface area contributed by atoms with Gasteiger partial charge in [-0.05, 0) is 0 Å². The number of halogens is 26. The zero-order chi connectivity index (χ0) is 41.5. The van der Waals surface area contributed by atoms with E-state index in [0.717, 1.165) is 0 Å². The summed E-state index contributed by atoms with van der Waals surface area (Å²) in [7, 11) is 0. The smallest absolute Gasteiger partial charge is 0.460 e. The van der Waals surface area contributed by atoms with Crippen molar-refractivity contribution in [1.29, 1.82) is 0 Å². The topological polar surface area (TPSA) is 74.6 Å². The van der Waals surface area contributed by atoms with Crippen molar-refractivity contribution in [2.75, 3.05) is 0 Å². The average molecular weight is 808 g/mol. The summed E-state index contributed by atoms with van der Waals surface area (Å²) in [5.74, 6) is -103. The highest BCUT2D eigenvalue weighted by molar-refractivity contribution is 5.99. The van der Waals surface area contributed by atoms with Crippen molar-refractivity contribution >= 4 is 11.9 Å². The highest BCUT2D eigenvalue weighted by Gasteiger charge is 2.93. The van der Waals surface area contributed by atoms with Crippen molar-refractivity contribution in [3.8, 4) is 0 Å². The molecule has 0 aliphatic heterocycles. The maximum absolute atomic E-state index is 14.6. The van der Waals surface area contributed by atoms with Crippen LogP contribution in [-0.2, 0) is 9.59 Å². The zero-order valence-corrected chi connectivity index (χ0v) is 22.7. The molecular formula is C20H10F26O4. The maximum atomic E-state index is 14.6. The van der Waals surface area contributed by atoms with Crippen LogP contribution in [0.3, 0.4) is 0 Å². The largest absolute Gasteiger partial charge is 0.478 e. The summed E-state index contributed by atoms with van der Waals surface area (Å²) in [4.78, 5) is 22.9. The van der Waals surface area contributed by atoms with Gasteiger partial charge in [-0.1, -0.05) is 13.8 Å². The van der Waals surface area contributed by atoms with E-state index < -0.39 is 120 Å². The molecule has 30 heteroatoms. The Labute approximate surface area is 255 Å². The molecule has 0 aromatic carbocycles. The van der Waals surface area contributed by atoms with Crippen LogP contribution in [0.15, 0.2) is 11.1 Å². The third-order valence-corrected chi connectivity index (χ3v) is 6.62. The maximum Gasteiger partial charge on any atom is 0.460 e. The molecule has 0 saturated carbocycles. The first kappa shape index (κ1) is 46.9. The molecule has 2 unspecified atom stereocenters. The van der Waals surface area contributed by atoms with Gasteiger partial charge in [0.25, 0.3) is 0 Å². The van der Waals surface area contributed by atoms with Crippen LogP contribution in [-0.4, -0.2) is 93.7 Å². The lowest BCUT2D eigenvalue weighted by atomic mass is 9.77. The van der Waals surface area contributed by atoms with Crippen LogP contribution in [0.4, 0.5) is 114 Å². The summed E-state index contributed by atoms with van der Waals surface area (Å²) in [5.41, 5.74) is -7.52. The number of rotatable bonds is 14. The lowest BCUT2D eigenvalue weighted by Crippen LogP contribution is -2.71. The van der Waals surface area contributed by atoms with E-state index >= 15 is 0 Å². The molecule has 50 heavy (non-hydrogen) atoms. The third-order valence-electron chi connectivity index (χ3n) is 6.62. The van der Waals surface area contributed by atoms with Gasteiger partial charge in [0.1, 0.15) is 0 Å². The molecule has 0 bridgehead atoms. The van der Waals surface area contributed by atoms with Crippen LogP contribution in [0.1, 0.15) is 13.8 Å². The number of carboxylic acid groups (broad SMARTS) is 2. The molecule has 296 valence electrons. The second-order valence-electron chi connectivity index (χ2n) is 9.72. The van der Waals surface area contributed by atoms with E-state index in [2.05, 4.69) is 0 Å². The molecule has 0 saturated heterocycles. The van der Waals surface area contributed by atoms with E-state index in [4.69, 9.17) is 10.2 Å². The number of hydrogen-bond donors (Lipinski definition) is 2. The zero-order valence-electron chi connectivity index (χ0n) is 22.7. The molecule has 0 aliphatic rings. The number of alkyl halides is 26. The summed E-state index contributed by atoms with van der Waals surface area (Å²) in [5, 5.41) is 17.9. The van der Waals surface area contributed by atoms with Crippen LogP contribution >= 0.6 is 0 Å². The summed E-state index contributed by atoms with van der Waals surface area (Å²) in [6.07, 6.45) is -16.0. The Morgan fingerprint density at radius 2 is 0.500 bits per heavy atom. The van der Waals surface area contributed by atoms with Gasteiger partial charge in [-0.15, -0.1) is 0 Å². The first-order chi connectivity index (χ1) is 21.2. The van der Waals surface area contributed by atoms with Gasteiger partial charge in [0.2, 0.25) is 0 Å². The summed E-state index contributed by atoms with van der Waals surface area (Å²) < 4.78 is 350. The quantitative estimate of drug-likeness (QED) is 0.136. The highest BCUT2D eigenvalue weighted by atomic mass is 19.4. The summed E-state index contributed by atoms with van der Waals surface area (Å²) in [6.45, 7) is -2.38. The molecule has 0 spiro atoms. The fourth-order valence-corrected chi connectivity index (χ4v) is 3.54.